The van der Waals surface area contributed by atoms with Crippen molar-refractivity contribution in [3.63, 3.8) is 0 Å². The summed E-state index contributed by atoms with van der Waals surface area (Å²) in [5, 5.41) is 15.7. The Balaban J connectivity index is 2.35. The highest BCUT2D eigenvalue weighted by molar-refractivity contribution is 7.99. The number of terminal acetylenes is 1. The second kappa shape index (κ2) is 7.25. The lowest BCUT2D eigenvalue weighted by Crippen LogP contribution is -2.27. The van der Waals surface area contributed by atoms with E-state index in [0.29, 0.717) is 6.04 Å². The van der Waals surface area contributed by atoms with Gasteiger partial charge in [-0.25, -0.2) is 4.68 Å². The predicted octanol–water partition coefficient (Wildman–Crippen LogP) is 0.786. The third kappa shape index (κ3) is 4.64. The summed E-state index contributed by atoms with van der Waals surface area (Å²) in [6, 6.07) is 0.481. The van der Waals surface area contributed by atoms with Gasteiger partial charge in [0, 0.05) is 24.8 Å². The van der Waals surface area contributed by atoms with Gasteiger partial charge in [0.05, 0.1) is 6.54 Å². The van der Waals surface area contributed by atoms with Gasteiger partial charge in [0.15, 0.2) is 0 Å². The van der Waals surface area contributed by atoms with Gasteiger partial charge in [-0.3, -0.25) is 0 Å². The molecular formula is C10H17N5S. The molecule has 5 nitrogen and oxygen atoms in total. The van der Waals surface area contributed by atoms with Gasteiger partial charge in [0.1, 0.15) is 0 Å². The van der Waals surface area contributed by atoms with Crippen molar-refractivity contribution in [1.82, 2.24) is 25.5 Å². The van der Waals surface area contributed by atoms with Gasteiger partial charge in [-0.1, -0.05) is 25.6 Å². The Bertz CT molecular complexity index is 341. The lowest BCUT2D eigenvalue weighted by Gasteiger charge is -2.08. The van der Waals surface area contributed by atoms with Crippen molar-refractivity contribution in [2.24, 2.45) is 0 Å². The van der Waals surface area contributed by atoms with E-state index >= 15 is 0 Å². The Morgan fingerprint density at radius 3 is 3.06 bits per heavy atom. The molecule has 0 atom stereocenters. The smallest absolute Gasteiger partial charge is 0.209 e. The average molecular weight is 239 g/mol. The zero-order chi connectivity index (χ0) is 11.8. The minimum atomic E-state index is 0.481. The summed E-state index contributed by atoms with van der Waals surface area (Å²) >= 11 is 1.59. The summed E-state index contributed by atoms with van der Waals surface area (Å²) in [7, 11) is 0. The molecule has 0 aliphatic heterocycles. The van der Waals surface area contributed by atoms with Gasteiger partial charge in [-0.15, -0.1) is 17.4 Å². The van der Waals surface area contributed by atoms with Crippen LogP contribution >= 0.6 is 11.8 Å². The van der Waals surface area contributed by atoms with Crippen LogP contribution in [-0.4, -0.2) is 38.5 Å². The first kappa shape index (κ1) is 13.0. The van der Waals surface area contributed by atoms with Crippen LogP contribution in [0.4, 0.5) is 0 Å². The molecule has 88 valence electrons. The molecule has 0 aliphatic carbocycles. The molecule has 0 bridgehead atoms. The van der Waals surface area contributed by atoms with Gasteiger partial charge < -0.3 is 5.32 Å². The third-order valence-corrected chi connectivity index (χ3v) is 2.81. The molecule has 1 aromatic heterocycles. The molecule has 0 radical (unpaired) electrons. The maximum absolute atomic E-state index is 5.19. The van der Waals surface area contributed by atoms with E-state index in [1.165, 1.54) is 0 Å². The third-order valence-electron chi connectivity index (χ3n) is 1.85. The minimum Gasteiger partial charge on any atom is -0.313 e. The molecule has 1 heterocycles. The highest BCUT2D eigenvalue weighted by Gasteiger charge is 2.05. The number of nitrogens with one attached hydrogen (secondary N) is 1. The number of aromatic nitrogens is 4. The molecule has 0 fully saturated rings. The zero-order valence-electron chi connectivity index (χ0n) is 9.68. The van der Waals surface area contributed by atoms with Crippen LogP contribution in [0.5, 0.6) is 0 Å². The topological polar surface area (TPSA) is 55.6 Å². The maximum atomic E-state index is 5.19. The molecule has 0 unspecified atom stereocenters. The standard InChI is InChI=1S/C10H17N5S/c1-4-5-8-16-10-12-13-14-15(10)7-6-11-9(2)3/h1,9,11H,5-8H2,2-3H3. The van der Waals surface area contributed by atoms with Crippen LogP contribution in [-0.2, 0) is 6.54 Å². The fourth-order valence-electron chi connectivity index (χ4n) is 1.10. The van der Waals surface area contributed by atoms with E-state index in [1.54, 1.807) is 16.4 Å². The van der Waals surface area contributed by atoms with Crippen LogP contribution in [0, 0.1) is 12.3 Å². The van der Waals surface area contributed by atoms with Crippen molar-refractivity contribution >= 4 is 11.8 Å². The number of tetrazole rings is 1. The van der Waals surface area contributed by atoms with Crippen molar-refractivity contribution < 1.29 is 0 Å². The summed E-state index contributed by atoms with van der Waals surface area (Å²) in [6.07, 6.45) is 5.93. The monoisotopic (exact) mass is 239 g/mol. The SMILES string of the molecule is C#CCCSc1nnnn1CCNC(C)C. The molecule has 1 N–H and O–H groups in total. The first-order valence-corrected chi connectivity index (χ1v) is 6.28. The minimum absolute atomic E-state index is 0.481. The number of hydrogen-bond donors (Lipinski definition) is 1. The number of hydrogen-bond acceptors (Lipinski definition) is 5. The molecule has 1 rings (SSSR count). The van der Waals surface area contributed by atoms with Crippen LogP contribution in [0.1, 0.15) is 20.3 Å². The molecule has 0 saturated carbocycles. The fraction of sp³-hybridized carbons (Fsp3) is 0.700. The molecular weight excluding hydrogens is 222 g/mol. The Morgan fingerprint density at radius 2 is 2.38 bits per heavy atom. The Morgan fingerprint density at radius 1 is 1.56 bits per heavy atom. The Labute approximate surface area is 100 Å². The fourth-order valence-corrected chi connectivity index (χ4v) is 1.87. The highest BCUT2D eigenvalue weighted by Crippen LogP contribution is 2.13. The normalized spacial score (nSPS) is 10.6. The van der Waals surface area contributed by atoms with Crippen molar-refractivity contribution in [3.8, 4) is 12.3 Å². The second-order valence-corrected chi connectivity index (χ2v) is 4.66. The summed E-state index contributed by atoms with van der Waals surface area (Å²) in [5.41, 5.74) is 0. The van der Waals surface area contributed by atoms with E-state index in [-0.39, 0.29) is 0 Å². The molecule has 0 saturated heterocycles. The first-order chi connectivity index (χ1) is 7.74. The Hall–Kier alpha value is -1.06. The Kier molecular flexibility index (Phi) is 5.90. The molecule has 16 heavy (non-hydrogen) atoms. The summed E-state index contributed by atoms with van der Waals surface area (Å²) in [4.78, 5) is 0. The van der Waals surface area contributed by atoms with E-state index in [2.05, 4.69) is 40.6 Å². The van der Waals surface area contributed by atoms with E-state index in [9.17, 15) is 0 Å². The van der Waals surface area contributed by atoms with Gasteiger partial charge in [-0.05, 0) is 10.4 Å². The lowest BCUT2D eigenvalue weighted by molar-refractivity contribution is 0.485. The summed E-state index contributed by atoms with van der Waals surface area (Å²) in [5.74, 6) is 3.45. The first-order valence-electron chi connectivity index (χ1n) is 5.30. The summed E-state index contributed by atoms with van der Waals surface area (Å²) < 4.78 is 1.80. The van der Waals surface area contributed by atoms with Crippen LogP contribution in [0.2, 0.25) is 0 Å². The van der Waals surface area contributed by atoms with E-state index in [1.807, 2.05) is 0 Å². The van der Waals surface area contributed by atoms with Gasteiger partial charge >= 0.3 is 0 Å². The maximum Gasteiger partial charge on any atom is 0.209 e. The number of rotatable bonds is 7. The molecule has 0 aromatic carbocycles. The second-order valence-electron chi connectivity index (χ2n) is 3.60. The average Bonchev–Trinajstić information content (AvgIpc) is 2.66. The number of thioether (sulfide) groups is 1. The van der Waals surface area contributed by atoms with Crippen LogP contribution in [0.25, 0.3) is 0 Å². The van der Waals surface area contributed by atoms with Crippen molar-refractivity contribution in [3.05, 3.63) is 0 Å². The van der Waals surface area contributed by atoms with Gasteiger partial charge in [0.25, 0.3) is 0 Å². The van der Waals surface area contributed by atoms with Crippen molar-refractivity contribution in [1.29, 1.82) is 0 Å². The predicted molar refractivity (Wildman–Crippen MR) is 65.1 cm³/mol. The zero-order valence-corrected chi connectivity index (χ0v) is 10.5. The lowest BCUT2D eigenvalue weighted by atomic mass is 10.4. The van der Waals surface area contributed by atoms with Crippen LogP contribution in [0.15, 0.2) is 5.16 Å². The van der Waals surface area contributed by atoms with Crippen molar-refractivity contribution in [2.45, 2.75) is 38.0 Å². The van der Waals surface area contributed by atoms with E-state index in [0.717, 1.165) is 30.4 Å². The molecule has 1 aromatic rings. The van der Waals surface area contributed by atoms with E-state index < -0.39 is 0 Å². The molecule has 0 aliphatic rings. The van der Waals surface area contributed by atoms with Crippen LogP contribution < -0.4 is 5.32 Å². The quantitative estimate of drug-likeness (QED) is 0.433. The van der Waals surface area contributed by atoms with Gasteiger partial charge in [-0.2, -0.15) is 0 Å². The van der Waals surface area contributed by atoms with E-state index in [4.69, 9.17) is 6.42 Å². The highest BCUT2D eigenvalue weighted by atomic mass is 32.2. The van der Waals surface area contributed by atoms with Gasteiger partial charge in [0.2, 0.25) is 5.16 Å². The van der Waals surface area contributed by atoms with Crippen LogP contribution in [0.3, 0.4) is 0 Å². The van der Waals surface area contributed by atoms with Crippen molar-refractivity contribution in [2.75, 3.05) is 12.3 Å². The molecule has 0 amide bonds. The largest absolute Gasteiger partial charge is 0.313 e. The summed E-state index contributed by atoms with van der Waals surface area (Å²) in [6.45, 7) is 5.87. The molecule has 0 spiro atoms. The number of nitrogens with zero attached hydrogens (tertiary/aromatic N) is 4. The molecule has 6 heteroatoms.